The van der Waals surface area contributed by atoms with E-state index in [0.717, 1.165) is 18.2 Å². The van der Waals surface area contributed by atoms with Crippen LogP contribution >= 0.6 is 11.6 Å². The van der Waals surface area contributed by atoms with Crippen LogP contribution < -0.4 is 10.5 Å². The van der Waals surface area contributed by atoms with Crippen molar-refractivity contribution < 1.29 is 27.8 Å². The van der Waals surface area contributed by atoms with Gasteiger partial charge in [-0.15, -0.1) is 24.8 Å². The summed E-state index contributed by atoms with van der Waals surface area (Å²) in [6.07, 6.45) is -4.98. The van der Waals surface area contributed by atoms with Crippen LogP contribution in [0.4, 0.5) is 18.9 Å². The first-order valence-electron chi connectivity index (χ1n) is 4.75. The summed E-state index contributed by atoms with van der Waals surface area (Å²) >= 11 is 5.35. The molecule has 0 bridgehead atoms. The number of alkyl halides is 4. The Morgan fingerprint density at radius 3 is 2.58 bits per heavy atom. The monoisotopic (exact) mass is 296 g/mol. The Hall–Kier alpha value is -1.96. The highest BCUT2D eigenvalue weighted by Crippen LogP contribution is 2.35. The van der Waals surface area contributed by atoms with Gasteiger partial charge in [-0.2, -0.15) is 0 Å². The lowest BCUT2D eigenvalue weighted by Crippen LogP contribution is -2.18. The van der Waals surface area contributed by atoms with Gasteiger partial charge in [0, 0.05) is 0 Å². The summed E-state index contributed by atoms with van der Waals surface area (Å²) in [6.45, 7) is 0. The highest BCUT2D eigenvalue weighted by atomic mass is 35.5. The van der Waals surface area contributed by atoms with Crippen molar-refractivity contribution >= 4 is 29.1 Å². The molecular formula is C10H8ClF3N2O3. The summed E-state index contributed by atoms with van der Waals surface area (Å²) in [6, 6.07) is 3.10. The minimum absolute atomic E-state index is 0.234. The van der Waals surface area contributed by atoms with Crippen molar-refractivity contribution in [2.45, 2.75) is 6.36 Å². The van der Waals surface area contributed by atoms with E-state index in [9.17, 15) is 18.0 Å². The molecule has 0 spiro atoms. The molecule has 0 radical (unpaired) electrons. The molecule has 9 heteroatoms. The predicted octanol–water partition coefficient (Wildman–Crippen LogP) is 2.51. The molecule has 1 rings (SSSR count). The molecule has 0 unspecified atom stereocenters. The van der Waals surface area contributed by atoms with Crippen LogP contribution in [0.15, 0.2) is 23.2 Å². The van der Waals surface area contributed by atoms with Crippen molar-refractivity contribution in [2.24, 2.45) is 10.7 Å². The molecule has 0 amide bonds. The zero-order valence-electron chi connectivity index (χ0n) is 9.24. The average Bonchev–Trinajstić information content (AvgIpc) is 2.28. The Morgan fingerprint density at radius 1 is 1.47 bits per heavy atom. The Labute approximate surface area is 110 Å². The molecule has 0 heterocycles. The number of nitrogens with zero attached hydrogens (tertiary/aromatic N) is 1. The van der Waals surface area contributed by atoms with Crippen LogP contribution in [0.5, 0.6) is 5.75 Å². The number of hydrogen-bond acceptors (Lipinski definition) is 3. The molecule has 0 aliphatic rings. The lowest BCUT2D eigenvalue weighted by Gasteiger charge is -2.12. The number of carboxylic acids is 1. The molecule has 0 saturated heterocycles. The van der Waals surface area contributed by atoms with Gasteiger partial charge in [-0.3, -0.25) is 0 Å². The topological polar surface area (TPSA) is 84.9 Å². The number of aliphatic imine (C=N–C) groups is 1. The van der Waals surface area contributed by atoms with Gasteiger partial charge in [-0.1, -0.05) is 6.07 Å². The SMILES string of the molecule is NC(CCl)=Nc1c(OC(F)(F)F)cccc1C(=O)O. The summed E-state index contributed by atoms with van der Waals surface area (Å²) in [5.41, 5.74) is 4.28. The normalized spacial score (nSPS) is 12.3. The summed E-state index contributed by atoms with van der Waals surface area (Å²) in [7, 11) is 0. The number of hydrogen-bond donors (Lipinski definition) is 2. The van der Waals surface area contributed by atoms with Crippen LogP contribution in [0.3, 0.4) is 0 Å². The average molecular weight is 297 g/mol. The number of amidine groups is 1. The van der Waals surface area contributed by atoms with E-state index in [1.807, 2.05) is 0 Å². The number of benzene rings is 1. The van der Waals surface area contributed by atoms with Gasteiger partial charge >= 0.3 is 12.3 Å². The van der Waals surface area contributed by atoms with E-state index < -0.39 is 29.3 Å². The fourth-order valence-electron chi connectivity index (χ4n) is 1.19. The van der Waals surface area contributed by atoms with Crippen molar-refractivity contribution in [1.82, 2.24) is 0 Å². The second-order valence-corrected chi connectivity index (χ2v) is 3.51. The minimum Gasteiger partial charge on any atom is -0.478 e. The lowest BCUT2D eigenvalue weighted by molar-refractivity contribution is -0.274. The molecule has 0 fully saturated rings. The first-order chi connectivity index (χ1) is 8.74. The van der Waals surface area contributed by atoms with Crippen molar-refractivity contribution in [1.29, 1.82) is 0 Å². The smallest absolute Gasteiger partial charge is 0.478 e. The molecule has 5 nitrogen and oxygen atoms in total. The Balaban J connectivity index is 3.38. The van der Waals surface area contributed by atoms with Crippen LogP contribution in [-0.4, -0.2) is 29.2 Å². The van der Waals surface area contributed by atoms with Crippen LogP contribution in [0.25, 0.3) is 0 Å². The molecule has 1 aromatic rings. The van der Waals surface area contributed by atoms with Crippen molar-refractivity contribution in [3.8, 4) is 5.75 Å². The minimum atomic E-state index is -4.98. The third kappa shape index (κ3) is 4.32. The van der Waals surface area contributed by atoms with Crippen molar-refractivity contribution in [3.63, 3.8) is 0 Å². The van der Waals surface area contributed by atoms with Crippen LogP contribution in [-0.2, 0) is 0 Å². The summed E-state index contributed by atoms with van der Waals surface area (Å²) in [5.74, 6) is -2.73. The number of carboxylic acid groups (broad SMARTS) is 1. The van der Waals surface area contributed by atoms with E-state index in [1.165, 1.54) is 0 Å². The number of halogens is 4. The highest BCUT2D eigenvalue weighted by molar-refractivity contribution is 6.28. The van der Waals surface area contributed by atoms with Crippen LogP contribution in [0.1, 0.15) is 10.4 Å². The maximum atomic E-state index is 12.2. The van der Waals surface area contributed by atoms with Gasteiger partial charge in [0.25, 0.3) is 0 Å². The Bertz CT molecular complexity index is 517. The second kappa shape index (κ2) is 5.79. The number of carbonyl (C=O) groups is 1. The summed E-state index contributed by atoms with van der Waals surface area (Å²) in [5, 5.41) is 8.89. The van der Waals surface area contributed by atoms with Gasteiger partial charge in [0.2, 0.25) is 0 Å². The highest BCUT2D eigenvalue weighted by Gasteiger charge is 2.33. The first-order valence-corrected chi connectivity index (χ1v) is 5.29. The second-order valence-electron chi connectivity index (χ2n) is 3.24. The van der Waals surface area contributed by atoms with Gasteiger partial charge < -0.3 is 15.6 Å². The first kappa shape index (κ1) is 15.1. The van der Waals surface area contributed by atoms with E-state index in [-0.39, 0.29) is 11.7 Å². The molecule has 3 N–H and O–H groups in total. The molecule has 19 heavy (non-hydrogen) atoms. The fraction of sp³-hybridized carbons (Fsp3) is 0.200. The zero-order chi connectivity index (χ0) is 14.6. The number of nitrogens with two attached hydrogens (primary N) is 1. The van der Waals surface area contributed by atoms with E-state index in [1.54, 1.807) is 0 Å². The van der Waals surface area contributed by atoms with E-state index >= 15 is 0 Å². The van der Waals surface area contributed by atoms with Crippen LogP contribution in [0.2, 0.25) is 0 Å². The summed E-state index contributed by atoms with van der Waals surface area (Å²) < 4.78 is 40.3. The largest absolute Gasteiger partial charge is 0.573 e. The molecule has 0 saturated carbocycles. The number of aromatic carboxylic acids is 1. The zero-order valence-corrected chi connectivity index (χ0v) is 10.00. The number of rotatable bonds is 4. The third-order valence-corrected chi connectivity index (χ3v) is 2.12. The van der Waals surface area contributed by atoms with Gasteiger partial charge in [0.1, 0.15) is 11.5 Å². The fourth-order valence-corrected chi connectivity index (χ4v) is 1.25. The molecule has 0 atom stereocenters. The number of ether oxygens (including phenoxy) is 1. The summed E-state index contributed by atoms with van der Waals surface area (Å²) in [4.78, 5) is 14.5. The number of para-hydroxylation sites is 1. The lowest BCUT2D eigenvalue weighted by atomic mass is 10.1. The van der Waals surface area contributed by atoms with Crippen LogP contribution in [0, 0.1) is 0 Å². The quantitative estimate of drug-likeness (QED) is 0.508. The molecular weight excluding hydrogens is 289 g/mol. The third-order valence-electron chi connectivity index (χ3n) is 1.85. The maximum Gasteiger partial charge on any atom is 0.573 e. The maximum absolute atomic E-state index is 12.2. The van der Waals surface area contributed by atoms with Gasteiger partial charge in [0.15, 0.2) is 5.75 Å². The van der Waals surface area contributed by atoms with E-state index in [0.29, 0.717) is 0 Å². The predicted molar refractivity (Wildman–Crippen MR) is 62.1 cm³/mol. The van der Waals surface area contributed by atoms with E-state index in [2.05, 4.69) is 9.73 Å². The standard InChI is InChI=1S/C10H8ClF3N2O3/c11-4-7(15)16-8-5(9(17)18)2-1-3-6(8)19-10(12,13)14/h1-3H,4H2,(H2,15,16)(H,17,18). The van der Waals surface area contributed by atoms with Gasteiger partial charge in [0.05, 0.1) is 11.4 Å². The van der Waals surface area contributed by atoms with Gasteiger partial charge in [-0.25, -0.2) is 9.79 Å². The van der Waals surface area contributed by atoms with Crippen molar-refractivity contribution in [2.75, 3.05) is 5.88 Å². The van der Waals surface area contributed by atoms with E-state index in [4.69, 9.17) is 22.4 Å². The Kier molecular flexibility index (Phi) is 4.60. The molecule has 104 valence electrons. The molecule has 0 aliphatic carbocycles. The Morgan fingerprint density at radius 2 is 2.11 bits per heavy atom. The van der Waals surface area contributed by atoms with Crippen molar-refractivity contribution in [3.05, 3.63) is 23.8 Å². The molecule has 0 aromatic heterocycles. The van der Waals surface area contributed by atoms with Gasteiger partial charge in [-0.05, 0) is 12.1 Å². The molecule has 0 aliphatic heterocycles. The molecule has 1 aromatic carbocycles.